The first-order valence-corrected chi connectivity index (χ1v) is 6.71. The van der Waals surface area contributed by atoms with Crippen molar-refractivity contribution in [3.63, 3.8) is 0 Å². The molecule has 5 nitrogen and oxygen atoms in total. The summed E-state index contributed by atoms with van der Waals surface area (Å²) in [5, 5.41) is 0. The van der Waals surface area contributed by atoms with E-state index in [1.165, 1.54) is 0 Å². The standard InChI is InChI=1S/C14H21N3O2/c1-3-19-14(18)13(12-5-4-6-15-11-12)17-9-7-16(2)8-10-17/h4-6,11,13H,3,7-10H2,1-2H3. The largest absolute Gasteiger partial charge is 0.465 e. The predicted molar refractivity (Wildman–Crippen MR) is 72.7 cm³/mol. The fourth-order valence-electron chi connectivity index (χ4n) is 2.33. The number of likely N-dealkylation sites (N-methyl/N-ethyl adjacent to an activating group) is 1. The Morgan fingerprint density at radius 1 is 1.42 bits per heavy atom. The third-order valence-corrected chi connectivity index (χ3v) is 3.41. The van der Waals surface area contributed by atoms with E-state index in [0.717, 1.165) is 31.7 Å². The fraction of sp³-hybridized carbons (Fsp3) is 0.571. The molecule has 2 heterocycles. The Morgan fingerprint density at radius 3 is 2.74 bits per heavy atom. The molecule has 0 saturated carbocycles. The Kier molecular flexibility index (Phi) is 4.87. The van der Waals surface area contributed by atoms with Crippen LogP contribution in [0, 0.1) is 0 Å². The van der Waals surface area contributed by atoms with E-state index in [-0.39, 0.29) is 12.0 Å². The number of pyridine rings is 1. The highest BCUT2D eigenvalue weighted by molar-refractivity contribution is 5.77. The third-order valence-electron chi connectivity index (χ3n) is 3.41. The molecule has 1 aromatic rings. The van der Waals surface area contributed by atoms with Gasteiger partial charge in [0.05, 0.1) is 6.61 Å². The van der Waals surface area contributed by atoms with Crippen molar-refractivity contribution in [2.24, 2.45) is 0 Å². The van der Waals surface area contributed by atoms with Gasteiger partial charge < -0.3 is 9.64 Å². The summed E-state index contributed by atoms with van der Waals surface area (Å²) >= 11 is 0. The smallest absolute Gasteiger partial charge is 0.328 e. The zero-order valence-corrected chi connectivity index (χ0v) is 11.6. The van der Waals surface area contributed by atoms with E-state index in [1.807, 2.05) is 19.1 Å². The molecular weight excluding hydrogens is 242 g/mol. The van der Waals surface area contributed by atoms with Gasteiger partial charge in [-0.05, 0) is 25.6 Å². The lowest BCUT2D eigenvalue weighted by Gasteiger charge is -2.36. The molecule has 5 heteroatoms. The van der Waals surface area contributed by atoms with Gasteiger partial charge in [0.2, 0.25) is 0 Å². The first-order chi connectivity index (χ1) is 9.22. The average Bonchev–Trinajstić information content (AvgIpc) is 2.43. The summed E-state index contributed by atoms with van der Waals surface area (Å²) in [6, 6.07) is 3.47. The second kappa shape index (κ2) is 6.63. The van der Waals surface area contributed by atoms with Crippen LogP contribution >= 0.6 is 0 Å². The molecule has 0 N–H and O–H groups in total. The summed E-state index contributed by atoms with van der Waals surface area (Å²) in [5.41, 5.74) is 0.908. The van der Waals surface area contributed by atoms with Crippen molar-refractivity contribution < 1.29 is 9.53 Å². The van der Waals surface area contributed by atoms with Gasteiger partial charge in [-0.25, -0.2) is 4.79 Å². The van der Waals surface area contributed by atoms with Crippen LogP contribution in [0.3, 0.4) is 0 Å². The van der Waals surface area contributed by atoms with Crippen LogP contribution in [0.25, 0.3) is 0 Å². The number of ether oxygens (including phenoxy) is 1. The molecule has 0 bridgehead atoms. The Balaban J connectivity index is 2.17. The molecule has 0 aliphatic carbocycles. The number of piperazine rings is 1. The summed E-state index contributed by atoms with van der Waals surface area (Å²) in [6.45, 7) is 5.92. The van der Waals surface area contributed by atoms with Crippen LogP contribution in [-0.2, 0) is 9.53 Å². The lowest BCUT2D eigenvalue weighted by molar-refractivity contribution is -0.150. The van der Waals surface area contributed by atoms with E-state index in [0.29, 0.717) is 6.61 Å². The summed E-state index contributed by atoms with van der Waals surface area (Å²) in [6.07, 6.45) is 3.47. The number of esters is 1. The minimum atomic E-state index is -0.331. The lowest BCUT2D eigenvalue weighted by Crippen LogP contribution is -2.48. The van der Waals surface area contributed by atoms with Crippen LogP contribution in [0.1, 0.15) is 18.5 Å². The minimum Gasteiger partial charge on any atom is -0.465 e. The van der Waals surface area contributed by atoms with Gasteiger partial charge in [0.15, 0.2) is 0 Å². The molecule has 1 fully saturated rings. The molecule has 0 radical (unpaired) electrons. The second-order valence-corrected chi connectivity index (χ2v) is 4.78. The van der Waals surface area contributed by atoms with Gasteiger partial charge in [-0.2, -0.15) is 0 Å². The van der Waals surface area contributed by atoms with Crippen LogP contribution in [0.4, 0.5) is 0 Å². The van der Waals surface area contributed by atoms with Gasteiger partial charge >= 0.3 is 5.97 Å². The molecule has 2 rings (SSSR count). The van der Waals surface area contributed by atoms with E-state index >= 15 is 0 Å². The topological polar surface area (TPSA) is 45.7 Å². The Hall–Kier alpha value is -1.46. The molecule has 1 aliphatic rings. The number of hydrogen-bond donors (Lipinski definition) is 0. The predicted octanol–water partition coefficient (Wildman–Crippen LogP) is 0.933. The lowest BCUT2D eigenvalue weighted by atomic mass is 10.1. The minimum absolute atomic E-state index is 0.181. The maximum atomic E-state index is 12.2. The SMILES string of the molecule is CCOC(=O)C(c1cccnc1)N1CCN(C)CC1. The number of hydrogen-bond acceptors (Lipinski definition) is 5. The fourth-order valence-corrected chi connectivity index (χ4v) is 2.33. The van der Waals surface area contributed by atoms with E-state index in [2.05, 4.69) is 21.8 Å². The first kappa shape index (κ1) is 14.0. The van der Waals surface area contributed by atoms with Crippen molar-refractivity contribution in [2.45, 2.75) is 13.0 Å². The molecule has 1 aliphatic heterocycles. The zero-order chi connectivity index (χ0) is 13.7. The maximum absolute atomic E-state index is 12.2. The Bertz CT molecular complexity index is 402. The normalized spacial score (nSPS) is 19.1. The Labute approximate surface area is 114 Å². The molecule has 104 valence electrons. The molecular formula is C14H21N3O2. The molecule has 0 spiro atoms. The molecule has 19 heavy (non-hydrogen) atoms. The van der Waals surface area contributed by atoms with Crippen molar-refractivity contribution >= 4 is 5.97 Å². The summed E-state index contributed by atoms with van der Waals surface area (Å²) in [7, 11) is 2.10. The van der Waals surface area contributed by atoms with Crippen molar-refractivity contribution in [3.8, 4) is 0 Å². The van der Waals surface area contributed by atoms with Crippen LogP contribution in [-0.4, -0.2) is 60.6 Å². The summed E-state index contributed by atoms with van der Waals surface area (Å²) in [5.74, 6) is -0.181. The van der Waals surface area contributed by atoms with Crippen molar-refractivity contribution in [1.29, 1.82) is 0 Å². The van der Waals surface area contributed by atoms with E-state index in [9.17, 15) is 4.79 Å². The highest BCUT2D eigenvalue weighted by Crippen LogP contribution is 2.22. The molecule has 1 saturated heterocycles. The third kappa shape index (κ3) is 3.52. The first-order valence-electron chi connectivity index (χ1n) is 6.71. The number of nitrogens with zero attached hydrogens (tertiary/aromatic N) is 3. The van der Waals surface area contributed by atoms with Gasteiger partial charge in [-0.15, -0.1) is 0 Å². The van der Waals surface area contributed by atoms with Gasteiger partial charge in [-0.3, -0.25) is 9.88 Å². The molecule has 1 aromatic heterocycles. The molecule has 1 unspecified atom stereocenters. The van der Waals surface area contributed by atoms with Gasteiger partial charge in [0.1, 0.15) is 6.04 Å². The van der Waals surface area contributed by atoms with Crippen LogP contribution in [0.2, 0.25) is 0 Å². The average molecular weight is 263 g/mol. The number of carbonyl (C=O) groups excluding carboxylic acids is 1. The van der Waals surface area contributed by atoms with Crippen LogP contribution in [0.5, 0.6) is 0 Å². The van der Waals surface area contributed by atoms with E-state index < -0.39 is 0 Å². The number of rotatable bonds is 4. The van der Waals surface area contributed by atoms with Crippen molar-refractivity contribution in [2.75, 3.05) is 39.8 Å². The monoisotopic (exact) mass is 263 g/mol. The maximum Gasteiger partial charge on any atom is 0.328 e. The van der Waals surface area contributed by atoms with E-state index in [4.69, 9.17) is 4.74 Å². The highest BCUT2D eigenvalue weighted by Gasteiger charge is 2.30. The number of aromatic nitrogens is 1. The quantitative estimate of drug-likeness (QED) is 0.756. The second-order valence-electron chi connectivity index (χ2n) is 4.78. The van der Waals surface area contributed by atoms with Crippen LogP contribution in [0.15, 0.2) is 24.5 Å². The van der Waals surface area contributed by atoms with Gasteiger partial charge in [-0.1, -0.05) is 6.07 Å². The molecule has 1 atom stereocenters. The van der Waals surface area contributed by atoms with E-state index in [1.54, 1.807) is 12.4 Å². The summed E-state index contributed by atoms with van der Waals surface area (Å²) in [4.78, 5) is 20.8. The summed E-state index contributed by atoms with van der Waals surface area (Å²) < 4.78 is 5.22. The Morgan fingerprint density at radius 2 is 2.16 bits per heavy atom. The highest BCUT2D eigenvalue weighted by atomic mass is 16.5. The van der Waals surface area contributed by atoms with Crippen molar-refractivity contribution in [1.82, 2.24) is 14.8 Å². The van der Waals surface area contributed by atoms with Crippen LogP contribution < -0.4 is 0 Å². The molecule has 0 aromatic carbocycles. The van der Waals surface area contributed by atoms with Gasteiger partial charge in [0, 0.05) is 38.6 Å². The van der Waals surface area contributed by atoms with Gasteiger partial charge in [0.25, 0.3) is 0 Å². The van der Waals surface area contributed by atoms with Crippen molar-refractivity contribution in [3.05, 3.63) is 30.1 Å². The number of carbonyl (C=O) groups is 1. The zero-order valence-electron chi connectivity index (χ0n) is 11.6. The molecule has 0 amide bonds.